The molecule has 1 fully saturated rings. The van der Waals surface area contributed by atoms with Gasteiger partial charge in [-0.1, -0.05) is 12.8 Å². The number of nitrogens with one attached hydrogen (secondary N) is 2. The number of guanidine groups is 1. The van der Waals surface area contributed by atoms with Crippen molar-refractivity contribution in [2.24, 2.45) is 10.9 Å². The highest BCUT2D eigenvalue weighted by Gasteiger charge is 2.27. The van der Waals surface area contributed by atoms with Crippen LogP contribution >= 0.6 is 0 Å². The van der Waals surface area contributed by atoms with Crippen LogP contribution in [0.1, 0.15) is 58.6 Å². The molecule has 1 aliphatic carbocycles. The number of ether oxygens (including phenoxy) is 1. The third-order valence-corrected chi connectivity index (χ3v) is 4.97. The van der Waals surface area contributed by atoms with E-state index in [-0.39, 0.29) is 6.54 Å². The smallest absolute Gasteiger partial charge is 0.191 e. The summed E-state index contributed by atoms with van der Waals surface area (Å²) in [5.74, 6) is 1.92. The first-order chi connectivity index (χ1) is 12.6. The lowest BCUT2D eigenvalue weighted by Gasteiger charge is -2.24. The van der Waals surface area contributed by atoms with Crippen molar-refractivity contribution >= 4 is 5.96 Å². The van der Waals surface area contributed by atoms with Crippen LogP contribution in [0.5, 0.6) is 0 Å². The average molecular weight is 366 g/mol. The zero-order valence-electron chi connectivity index (χ0n) is 16.5. The topological polar surface area (TPSA) is 79.0 Å². The van der Waals surface area contributed by atoms with E-state index in [0.29, 0.717) is 23.7 Å². The Morgan fingerprint density at radius 1 is 1.38 bits per heavy atom. The highest BCUT2D eigenvalue weighted by molar-refractivity contribution is 5.79. The maximum absolute atomic E-state index is 10.5. The molecule has 0 radical (unpaired) electrons. The Kier molecular flexibility index (Phi) is 8.45. The molecule has 1 aromatic heterocycles. The van der Waals surface area contributed by atoms with Crippen molar-refractivity contribution in [3.05, 3.63) is 24.2 Å². The van der Waals surface area contributed by atoms with Crippen LogP contribution in [-0.4, -0.2) is 43.4 Å². The van der Waals surface area contributed by atoms with E-state index in [4.69, 9.17) is 9.15 Å². The van der Waals surface area contributed by atoms with Crippen molar-refractivity contribution in [3.63, 3.8) is 0 Å². The molecule has 0 amide bonds. The second-order valence-corrected chi connectivity index (χ2v) is 7.20. The molecule has 1 heterocycles. The van der Waals surface area contributed by atoms with Gasteiger partial charge in [-0.2, -0.15) is 0 Å². The van der Waals surface area contributed by atoms with Crippen molar-refractivity contribution in [1.82, 2.24) is 10.6 Å². The van der Waals surface area contributed by atoms with Crippen LogP contribution in [0.15, 0.2) is 27.8 Å². The van der Waals surface area contributed by atoms with Gasteiger partial charge in [0, 0.05) is 19.7 Å². The molecule has 2 atom stereocenters. The Hall–Kier alpha value is -1.53. The van der Waals surface area contributed by atoms with Crippen LogP contribution < -0.4 is 10.6 Å². The Morgan fingerprint density at radius 3 is 2.77 bits per heavy atom. The predicted molar refractivity (Wildman–Crippen MR) is 104 cm³/mol. The van der Waals surface area contributed by atoms with E-state index in [1.165, 1.54) is 25.7 Å². The van der Waals surface area contributed by atoms with E-state index in [2.05, 4.69) is 22.5 Å². The molecule has 26 heavy (non-hydrogen) atoms. The lowest BCUT2D eigenvalue weighted by molar-refractivity contribution is 0.0169. The van der Waals surface area contributed by atoms with Gasteiger partial charge in [0.05, 0.1) is 18.9 Å². The number of rotatable bonds is 10. The summed E-state index contributed by atoms with van der Waals surface area (Å²) in [7, 11) is 0. The summed E-state index contributed by atoms with van der Waals surface area (Å²) >= 11 is 0. The number of hydrogen-bond donors (Lipinski definition) is 3. The summed E-state index contributed by atoms with van der Waals surface area (Å²) in [5, 5.41) is 17.1. The average Bonchev–Trinajstić information content (AvgIpc) is 3.32. The Morgan fingerprint density at radius 2 is 2.15 bits per heavy atom. The van der Waals surface area contributed by atoms with Crippen LogP contribution in [0.25, 0.3) is 0 Å². The maximum Gasteiger partial charge on any atom is 0.191 e. The lowest BCUT2D eigenvalue weighted by atomic mass is 9.98. The van der Waals surface area contributed by atoms with Gasteiger partial charge in [-0.3, -0.25) is 0 Å². The van der Waals surface area contributed by atoms with Gasteiger partial charge in [0.2, 0.25) is 0 Å². The van der Waals surface area contributed by atoms with Crippen LogP contribution in [0, 0.1) is 5.92 Å². The third kappa shape index (κ3) is 6.32. The molecule has 1 saturated carbocycles. The zero-order chi connectivity index (χ0) is 18.8. The molecule has 6 nitrogen and oxygen atoms in total. The maximum atomic E-state index is 10.5. The minimum atomic E-state index is -1.12. The van der Waals surface area contributed by atoms with Gasteiger partial charge in [0.1, 0.15) is 11.4 Å². The molecule has 148 valence electrons. The zero-order valence-corrected chi connectivity index (χ0v) is 16.5. The second-order valence-electron chi connectivity index (χ2n) is 7.20. The summed E-state index contributed by atoms with van der Waals surface area (Å²) in [6.45, 7) is 8.38. The van der Waals surface area contributed by atoms with E-state index in [1.807, 2.05) is 6.92 Å². The molecular weight excluding hydrogens is 330 g/mol. The number of aliphatic hydroxyl groups is 1. The number of nitrogens with zero attached hydrogens (tertiary/aromatic N) is 1. The predicted octanol–water partition coefficient (Wildman–Crippen LogP) is 3.03. The molecule has 0 aliphatic heterocycles. The molecule has 2 unspecified atom stereocenters. The minimum absolute atomic E-state index is 0.230. The van der Waals surface area contributed by atoms with Crippen LogP contribution in [0.2, 0.25) is 0 Å². The van der Waals surface area contributed by atoms with Crippen molar-refractivity contribution < 1.29 is 14.3 Å². The van der Waals surface area contributed by atoms with E-state index >= 15 is 0 Å². The first-order valence-corrected chi connectivity index (χ1v) is 9.97. The quantitative estimate of drug-likeness (QED) is 0.439. The van der Waals surface area contributed by atoms with Crippen LogP contribution in [0.3, 0.4) is 0 Å². The largest absolute Gasteiger partial charge is 0.466 e. The number of hydrogen-bond acceptors (Lipinski definition) is 4. The first kappa shape index (κ1) is 20.8. The molecule has 3 N–H and O–H groups in total. The van der Waals surface area contributed by atoms with Crippen molar-refractivity contribution in [3.8, 4) is 0 Å². The summed E-state index contributed by atoms with van der Waals surface area (Å²) in [6, 6.07) is 3.54. The highest BCUT2D eigenvalue weighted by atomic mass is 16.5. The van der Waals surface area contributed by atoms with E-state index in [1.54, 1.807) is 25.3 Å². The van der Waals surface area contributed by atoms with Gasteiger partial charge in [0.25, 0.3) is 0 Å². The minimum Gasteiger partial charge on any atom is -0.466 e. The van der Waals surface area contributed by atoms with Gasteiger partial charge >= 0.3 is 0 Å². The van der Waals surface area contributed by atoms with Gasteiger partial charge < -0.3 is 24.9 Å². The van der Waals surface area contributed by atoms with Crippen molar-refractivity contribution in [2.45, 2.75) is 64.6 Å². The molecule has 0 saturated heterocycles. The lowest BCUT2D eigenvalue weighted by Crippen LogP contribution is -2.40. The number of aliphatic imine (C=N–C) groups is 1. The fourth-order valence-corrected chi connectivity index (χ4v) is 3.57. The third-order valence-electron chi connectivity index (χ3n) is 4.97. The summed E-state index contributed by atoms with van der Waals surface area (Å²) in [4.78, 5) is 4.53. The molecular formula is C20H35N3O3. The van der Waals surface area contributed by atoms with Crippen LogP contribution in [0.4, 0.5) is 0 Å². The highest BCUT2D eigenvalue weighted by Crippen LogP contribution is 2.30. The molecule has 2 rings (SSSR count). The van der Waals surface area contributed by atoms with Gasteiger partial charge in [-0.15, -0.1) is 0 Å². The molecule has 0 aromatic carbocycles. The molecule has 0 bridgehead atoms. The molecule has 1 aromatic rings. The molecule has 1 aliphatic rings. The monoisotopic (exact) mass is 365 g/mol. The van der Waals surface area contributed by atoms with Gasteiger partial charge in [-0.25, -0.2) is 4.99 Å². The van der Waals surface area contributed by atoms with E-state index < -0.39 is 5.60 Å². The SMILES string of the molecule is CCNC(=NCC(C)(O)c1ccco1)NCCC(OCC)C1CCCC1. The molecule has 6 heteroatoms. The Bertz CT molecular complexity index is 522. The summed E-state index contributed by atoms with van der Waals surface area (Å²) in [6.07, 6.45) is 8.08. The first-order valence-electron chi connectivity index (χ1n) is 9.97. The van der Waals surface area contributed by atoms with E-state index in [9.17, 15) is 5.11 Å². The van der Waals surface area contributed by atoms with Gasteiger partial charge in [-0.05, 0) is 58.1 Å². The standard InChI is InChI=1S/C20H35N3O3/c1-4-21-19(23-15-20(3,24)18-11-8-14-26-18)22-13-12-17(25-5-2)16-9-6-7-10-16/h8,11,14,16-17,24H,4-7,9-10,12-13,15H2,1-3H3,(H2,21,22,23). The fraction of sp³-hybridized carbons (Fsp3) is 0.750. The Balaban J connectivity index is 1.86. The van der Waals surface area contributed by atoms with Crippen LogP contribution in [-0.2, 0) is 10.3 Å². The Labute approximate surface area is 157 Å². The molecule has 0 spiro atoms. The second kappa shape index (κ2) is 10.6. The van der Waals surface area contributed by atoms with Gasteiger partial charge in [0.15, 0.2) is 5.96 Å². The summed E-state index contributed by atoms with van der Waals surface area (Å²) < 4.78 is 11.3. The summed E-state index contributed by atoms with van der Waals surface area (Å²) in [5.41, 5.74) is -1.12. The van der Waals surface area contributed by atoms with Crippen molar-refractivity contribution in [2.75, 3.05) is 26.2 Å². The van der Waals surface area contributed by atoms with Crippen molar-refractivity contribution in [1.29, 1.82) is 0 Å². The van der Waals surface area contributed by atoms with E-state index in [0.717, 1.165) is 26.1 Å². The fourth-order valence-electron chi connectivity index (χ4n) is 3.57. The number of furan rings is 1. The normalized spacial score (nSPS) is 19.3.